The van der Waals surface area contributed by atoms with Crippen LogP contribution in [0.25, 0.3) is 0 Å². The smallest absolute Gasteiger partial charge is 0.213 e. The van der Waals surface area contributed by atoms with Crippen LogP contribution in [-0.4, -0.2) is 10.2 Å². The van der Waals surface area contributed by atoms with Crippen LogP contribution in [0.1, 0.15) is 11.1 Å². The first kappa shape index (κ1) is 7.98. The molecule has 1 N–H and O–H groups in total. The van der Waals surface area contributed by atoms with Gasteiger partial charge in [-0.3, -0.25) is 5.10 Å². The number of benzene rings is 1. The van der Waals surface area contributed by atoms with Gasteiger partial charge >= 0.3 is 0 Å². The van der Waals surface area contributed by atoms with Gasteiger partial charge in [-0.2, -0.15) is 9.49 Å². The number of rotatable bonds is 2. The van der Waals surface area contributed by atoms with Crippen LogP contribution < -0.4 is 0 Å². The van der Waals surface area contributed by atoms with Gasteiger partial charge in [-0.25, -0.2) is 0 Å². The molecule has 1 radical (unpaired) electrons. The topological polar surface area (TPSA) is 28.7 Å². The lowest BCUT2D eigenvalue weighted by Gasteiger charge is -1.96. The predicted molar refractivity (Wildman–Crippen MR) is 46.6 cm³/mol. The van der Waals surface area contributed by atoms with E-state index >= 15 is 0 Å². The van der Waals surface area contributed by atoms with Crippen molar-refractivity contribution in [3.63, 3.8) is 0 Å². The Bertz CT molecular complexity index is 381. The van der Waals surface area contributed by atoms with Crippen molar-refractivity contribution < 1.29 is 4.39 Å². The number of aromatic amines is 1. The van der Waals surface area contributed by atoms with Crippen molar-refractivity contribution in [2.75, 3.05) is 0 Å². The molecule has 2 rings (SSSR count). The van der Waals surface area contributed by atoms with E-state index in [9.17, 15) is 4.39 Å². The lowest BCUT2D eigenvalue weighted by molar-refractivity contribution is 0.569. The third kappa shape index (κ3) is 1.75. The van der Waals surface area contributed by atoms with Crippen molar-refractivity contribution in [2.24, 2.45) is 0 Å². The minimum atomic E-state index is -0.399. The lowest BCUT2D eigenvalue weighted by Crippen LogP contribution is -1.88. The van der Waals surface area contributed by atoms with Gasteiger partial charge in [-0.15, -0.1) is 0 Å². The van der Waals surface area contributed by atoms with Gasteiger partial charge in [0.05, 0.1) is 0 Å². The van der Waals surface area contributed by atoms with Crippen LogP contribution in [-0.2, 0) is 6.42 Å². The summed E-state index contributed by atoms with van der Waals surface area (Å²) in [6.07, 6.45) is 3.10. The second-order valence-corrected chi connectivity index (χ2v) is 2.79. The fourth-order valence-corrected chi connectivity index (χ4v) is 1.18. The van der Waals surface area contributed by atoms with E-state index in [1.165, 1.54) is 0 Å². The minimum absolute atomic E-state index is 0.399. The Kier molecular flexibility index (Phi) is 2.08. The normalized spacial score (nSPS) is 10.2. The number of nitrogens with zero attached hydrogens (tertiary/aromatic N) is 1. The van der Waals surface area contributed by atoms with Crippen LogP contribution in [0.3, 0.4) is 0 Å². The van der Waals surface area contributed by atoms with Crippen LogP contribution in [0.5, 0.6) is 0 Å². The zero-order valence-electron chi connectivity index (χ0n) is 6.92. The van der Waals surface area contributed by atoms with Gasteiger partial charge in [-0.05, 0) is 5.56 Å². The van der Waals surface area contributed by atoms with Crippen molar-refractivity contribution in [3.05, 3.63) is 53.6 Å². The highest BCUT2D eigenvalue weighted by Gasteiger charge is 2.04. The summed E-state index contributed by atoms with van der Waals surface area (Å²) in [5.41, 5.74) is 1.53. The Morgan fingerprint density at radius 1 is 1.31 bits per heavy atom. The zero-order chi connectivity index (χ0) is 9.10. The van der Waals surface area contributed by atoms with Crippen molar-refractivity contribution in [2.45, 2.75) is 6.42 Å². The molecule has 0 aliphatic carbocycles. The van der Waals surface area contributed by atoms with Gasteiger partial charge in [0.15, 0.2) is 0 Å². The standard InChI is InChI=1S/C10H8FN2/c11-10-9(7-12-13-10)6-8-4-2-1-3-5-8/h1-5H,6H2,(H,12,13). The van der Waals surface area contributed by atoms with Crippen LogP contribution in [0.15, 0.2) is 30.3 Å². The highest BCUT2D eigenvalue weighted by atomic mass is 19.1. The Morgan fingerprint density at radius 2 is 2.08 bits per heavy atom. The molecular formula is C10H8FN2. The van der Waals surface area contributed by atoms with Gasteiger partial charge in [0, 0.05) is 12.0 Å². The predicted octanol–water partition coefficient (Wildman–Crippen LogP) is 1.94. The van der Waals surface area contributed by atoms with Crippen molar-refractivity contribution >= 4 is 0 Å². The second-order valence-electron chi connectivity index (χ2n) is 2.79. The van der Waals surface area contributed by atoms with E-state index in [0.717, 1.165) is 5.56 Å². The maximum Gasteiger partial charge on any atom is 0.213 e. The van der Waals surface area contributed by atoms with Crippen molar-refractivity contribution in [1.82, 2.24) is 10.2 Å². The van der Waals surface area contributed by atoms with E-state index in [1.54, 1.807) is 0 Å². The first-order valence-electron chi connectivity index (χ1n) is 4.00. The molecule has 2 aromatic rings. The van der Waals surface area contributed by atoms with E-state index in [0.29, 0.717) is 12.0 Å². The molecule has 0 aliphatic heterocycles. The van der Waals surface area contributed by atoms with Gasteiger partial charge in [0.2, 0.25) is 5.95 Å². The van der Waals surface area contributed by atoms with Gasteiger partial charge in [0.25, 0.3) is 0 Å². The molecule has 0 bridgehead atoms. The molecule has 3 heteroatoms. The van der Waals surface area contributed by atoms with Crippen LogP contribution in [0.2, 0.25) is 0 Å². The van der Waals surface area contributed by atoms with Gasteiger partial charge in [0.1, 0.15) is 6.20 Å². The molecule has 0 unspecified atom stereocenters. The molecule has 0 aliphatic rings. The van der Waals surface area contributed by atoms with Crippen molar-refractivity contribution in [3.8, 4) is 0 Å². The third-order valence-corrected chi connectivity index (χ3v) is 1.83. The SMILES string of the molecule is Fc1[nH]n[c]c1Cc1ccccc1. The molecule has 2 nitrogen and oxygen atoms in total. The van der Waals surface area contributed by atoms with Crippen LogP contribution >= 0.6 is 0 Å². The first-order chi connectivity index (χ1) is 6.36. The van der Waals surface area contributed by atoms with Crippen LogP contribution in [0.4, 0.5) is 4.39 Å². The maximum absolute atomic E-state index is 12.9. The van der Waals surface area contributed by atoms with E-state index in [-0.39, 0.29) is 0 Å². The average molecular weight is 175 g/mol. The summed E-state index contributed by atoms with van der Waals surface area (Å²) < 4.78 is 12.9. The summed E-state index contributed by atoms with van der Waals surface area (Å²) in [6, 6.07) is 9.67. The number of halogens is 1. The molecule has 0 atom stereocenters. The Morgan fingerprint density at radius 3 is 2.69 bits per heavy atom. The summed E-state index contributed by atoms with van der Waals surface area (Å²) in [5.74, 6) is -0.399. The fourth-order valence-electron chi connectivity index (χ4n) is 1.18. The Labute approximate surface area is 75.4 Å². The Balaban J connectivity index is 2.20. The molecule has 0 amide bonds. The summed E-state index contributed by atoms with van der Waals surface area (Å²) in [4.78, 5) is 0. The number of H-pyrrole nitrogens is 1. The molecule has 0 saturated heterocycles. The van der Waals surface area contributed by atoms with E-state index in [1.807, 2.05) is 30.3 Å². The first-order valence-corrected chi connectivity index (χ1v) is 4.00. The lowest BCUT2D eigenvalue weighted by atomic mass is 10.1. The summed E-state index contributed by atoms with van der Waals surface area (Å²) in [7, 11) is 0. The molecule has 1 aromatic carbocycles. The molecule has 0 fully saturated rings. The molecular weight excluding hydrogens is 167 g/mol. The number of hydrogen-bond donors (Lipinski definition) is 1. The molecule has 1 aromatic heterocycles. The largest absolute Gasteiger partial charge is 0.252 e. The molecule has 0 spiro atoms. The number of nitrogens with one attached hydrogen (secondary N) is 1. The third-order valence-electron chi connectivity index (χ3n) is 1.83. The van der Waals surface area contributed by atoms with E-state index < -0.39 is 5.95 Å². The highest BCUT2D eigenvalue weighted by molar-refractivity contribution is 5.22. The second kappa shape index (κ2) is 3.39. The minimum Gasteiger partial charge on any atom is -0.252 e. The number of hydrogen-bond acceptors (Lipinski definition) is 1. The van der Waals surface area contributed by atoms with E-state index in [4.69, 9.17) is 0 Å². The summed E-state index contributed by atoms with van der Waals surface area (Å²) >= 11 is 0. The molecule has 0 saturated carbocycles. The summed E-state index contributed by atoms with van der Waals surface area (Å²) in [5, 5.41) is 5.71. The quantitative estimate of drug-likeness (QED) is 0.742. The summed E-state index contributed by atoms with van der Waals surface area (Å²) in [6.45, 7) is 0. The monoisotopic (exact) mass is 175 g/mol. The van der Waals surface area contributed by atoms with Crippen molar-refractivity contribution in [1.29, 1.82) is 0 Å². The van der Waals surface area contributed by atoms with E-state index in [2.05, 4.69) is 16.4 Å². The van der Waals surface area contributed by atoms with Gasteiger partial charge < -0.3 is 0 Å². The molecule has 1 heterocycles. The fraction of sp³-hybridized carbons (Fsp3) is 0.100. The number of aromatic nitrogens is 2. The maximum atomic E-state index is 12.9. The van der Waals surface area contributed by atoms with Gasteiger partial charge in [-0.1, -0.05) is 30.3 Å². The zero-order valence-corrected chi connectivity index (χ0v) is 6.92. The molecule has 65 valence electrons. The Hall–Kier alpha value is -1.64. The average Bonchev–Trinajstić information content (AvgIpc) is 2.54. The highest BCUT2D eigenvalue weighted by Crippen LogP contribution is 2.09. The van der Waals surface area contributed by atoms with Crippen LogP contribution in [0, 0.1) is 12.1 Å². The molecule has 13 heavy (non-hydrogen) atoms.